The van der Waals surface area contributed by atoms with Crippen LogP contribution < -0.4 is 5.32 Å². The Hall–Kier alpha value is -3.98. The average Bonchev–Trinajstić information content (AvgIpc) is 3.40. The van der Waals surface area contributed by atoms with Crippen molar-refractivity contribution < 1.29 is 14.3 Å². The zero-order valence-electron chi connectivity index (χ0n) is 18.4. The maximum atomic E-state index is 13.1. The monoisotopic (exact) mass is 444 g/mol. The Labute approximate surface area is 190 Å². The number of carbonyl (C=O) groups is 2. The van der Waals surface area contributed by atoms with Crippen molar-refractivity contribution in [2.45, 2.75) is 20.0 Å². The lowest BCUT2D eigenvalue weighted by Crippen LogP contribution is -2.50. The van der Waals surface area contributed by atoms with Gasteiger partial charge in [-0.1, -0.05) is 30.3 Å². The first kappa shape index (κ1) is 20.9. The highest BCUT2D eigenvalue weighted by Crippen LogP contribution is 2.26. The van der Waals surface area contributed by atoms with Crippen LogP contribution in [0.5, 0.6) is 0 Å². The molecule has 1 aliphatic rings. The summed E-state index contributed by atoms with van der Waals surface area (Å²) in [5.41, 5.74) is 4.83. The number of carbonyl (C=O) groups excluding carboxylic acids is 2. The molecular weight excluding hydrogens is 420 g/mol. The Balaban J connectivity index is 1.28. The number of anilines is 1. The van der Waals surface area contributed by atoms with Crippen molar-refractivity contribution in [3.63, 3.8) is 0 Å². The largest absolute Gasteiger partial charge is 0.365 e. The van der Waals surface area contributed by atoms with Crippen LogP contribution in [-0.2, 0) is 9.53 Å². The van der Waals surface area contributed by atoms with Crippen molar-refractivity contribution in [2.24, 2.45) is 0 Å². The van der Waals surface area contributed by atoms with E-state index in [0.29, 0.717) is 17.9 Å². The highest BCUT2D eigenvalue weighted by atomic mass is 16.5. The van der Waals surface area contributed by atoms with Crippen LogP contribution in [0.3, 0.4) is 0 Å². The number of rotatable bonds is 4. The molecule has 1 unspecified atom stereocenters. The fourth-order valence-electron chi connectivity index (χ4n) is 4.05. The second-order valence-electron chi connectivity index (χ2n) is 8.09. The first-order valence-corrected chi connectivity index (χ1v) is 10.8. The Morgan fingerprint density at radius 2 is 1.97 bits per heavy atom. The van der Waals surface area contributed by atoms with Crippen molar-refractivity contribution in [2.75, 3.05) is 25.0 Å². The smallest absolute Gasteiger partial charge is 0.256 e. The van der Waals surface area contributed by atoms with E-state index >= 15 is 0 Å². The van der Waals surface area contributed by atoms with Crippen LogP contribution in [0.25, 0.3) is 22.3 Å². The number of amides is 2. The van der Waals surface area contributed by atoms with E-state index in [1.807, 2.05) is 50.2 Å². The minimum atomic E-state index is -0.780. The van der Waals surface area contributed by atoms with E-state index in [1.165, 1.54) is 0 Å². The van der Waals surface area contributed by atoms with Crippen LogP contribution in [-0.4, -0.2) is 62.7 Å². The van der Waals surface area contributed by atoms with Crippen LogP contribution >= 0.6 is 0 Å². The zero-order valence-corrected chi connectivity index (χ0v) is 18.4. The molecule has 0 bridgehead atoms. The molecule has 5 rings (SSSR count). The molecule has 1 atom stereocenters. The van der Waals surface area contributed by atoms with E-state index in [1.54, 1.807) is 17.0 Å². The number of aromatic nitrogens is 4. The number of morpholine rings is 1. The van der Waals surface area contributed by atoms with Crippen molar-refractivity contribution in [3.8, 4) is 11.3 Å². The number of benzene rings is 2. The maximum Gasteiger partial charge on any atom is 0.256 e. The third-order valence-corrected chi connectivity index (χ3v) is 5.81. The van der Waals surface area contributed by atoms with E-state index in [9.17, 15) is 9.59 Å². The van der Waals surface area contributed by atoms with Gasteiger partial charge in [0.15, 0.2) is 11.9 Å². The van der Waals surface area contributed by atoms with Gasteiger partial charge in [-0.25, -0.2) is 4.98 Å². The van der Waals surface area contributed by atoms with Gasteiger partial charge in [-0.3, -0.25) is 14.7 Å². The number of hydrogen-bond acceptors (Lipinski definition) is 5. The number of aryl methyl sites for hydroxylation is 1. The van der Waals surface area contributed by atoms with Gasteiger partial charge >= 0.3 is 0 Å². The predicted octanol–water partition coefficient (Wildman–Crippen LogP) is 3.05. The summed E-state index contributed by atoms with van der Waals surface area (Å²) >= 11 is 0. The molecule has 2 aromatic carbocycles. The first-order valence-electron chi connectivity index (χ1n) is 10.8. The lowest BCUT2D eigenvalue weighted by molar-refractivity contribution is -0.131. The van der Waals surface area contributed by atoms with Crippen LogP contribution in [0.1, 0.15) is 21.7 Å². The van der Waals surface area contributed by atoms with Gasteiger partial charge in [0.2, 0.25) is 0 Å². The third-order valence-electron chi connectivity index (χ3n) is 5.81. The van der Waals surface area contributed by atoms with Gasteiger partial charge in [0, 0.05) is 17.7 Å². The molecule has 4 aromatic rings. The molecule has 1 saturated heterocycles. The quantitative estimate of drug-likeness (QED) is 0.447. The van der Waals surface area contributed by atoms with E-state index in [-0.39, 0.29) is 25.0 Å². The third kappa shape index (κ3) is 4.10. The molecule has 33 heavy (non-hydrogen) atoms. The van der Waals surface area contributed by atoms with Gasteiger partial charge < -0.3 is 19.9 Å². The Morgan fingerprint density at radius 3 is 2.79 bits per heavy atom. The number of ether oxygens (including phenoxy) is 1. The minimum absolute atomic E-state index is 0.146. The zero-order chi connectivity index (χ0) is 22.9. The highest BCUT2D eigenvalue weighted by molar-refractivity contribution is 5.99. The number of nitrogens with one attached hydrogen (secondary N) is 3. The first-order chi connectivity index (χ1) is 16.0. The van der Waals surface area contributed by atoms with Crippen molar-refractivity contribution >= 4 is 28.7 Å². The fraction of sp³-hybridized carbons (Fsp3) is 0.250. The second-order valence-corrected chi connectivity index (χ2v) is 8.09. The number of fused-ring (bicyclic) bond motifs is 1. The Bertz CT molecular complexity index is 1330. The van der Waals surface area contributed by atoms with Gasteiger partial charge in [-0.15, -0.1) is 0 Å². The molecule has 0 aliphatic carbocycles. The van der Waals surface area contributed by atoms with Gasteiger partial charge in [-0.05, 0) is 37.6 Å². The molecule has 9 nitrogen and oxygen atoms in total. The number of nitrogens with zero attached hydrogens (tertiary/aromatic N) is 3. The molecule has 2 amide bonds. The van der Waals surface area contributed by atoms with Crippen LogP contribution in [0.2, 0.25) is 0 Å². The van der Waals surface area contributed by atoms with Crippen molar-refractivity contribution in [3.05, 3.63) is 65.5 Å². The summed E-state index contributed by atoms with van der Waals surface area (Å²) in [6, 6.07) is 15.2. The number of imidazole rings is 1. The summed E-state index contributed by atoms with van der Waals surface area (Å²) in [5.74, 6) is 0.765. The lowest BCUT2D eigenvalue weighted by Gasteiger charge is -2.32. The van der Waals surface area contributed by atoms with Crippen molar-refractivity contribution in [1.82, 2.24) is 25.1 Å². The number of aromatic amines is 2. The summed E-state index contributed by atoms with van der Waals surface area (Å²) in [5, 5.41) is 10.1. The second kappa shape index (κ2) is 8.51. The average molecular weight is 444 g/mol. The van der Waals surface area contributed by atoms with E-state index < -0.39 is 6.10 Å². The molecule has 3 heterocycles. The van der Waals surface area contributed by atoms with Crippen molar-refractivity contribution in [1.29, 1.82) is 0 Å². The van der Waals surface area contributed by atoms with Crippen LogP contribution in [0, 0.1) is 13.8 Å². The van der Waals surface area contributed by atoms with E-state index in [4.69, 9.17) is 4.74 Å². The molecule has 0 saturated carbocycles. The summed E-state index contributed by atoms with van der Waals surface area (Å²) in [7, 11) is 0. The molecule has 1 aliphatic heterocycles. The van der Waals surface area contributed by atoms with Gasteiger partial charge in [0.05, 0.1) is 29.9 Å². The van der Waals surface area contributed by atoms with E-state index in [2.05, 4.69) is 25.5 Å². The summed E-state index contributed by atoms with van der Waals surface area (Å²) in [4.78, 5) is 35.1. The summed E-state index contributed by atoms with van der Waals surface area (Å²) in [6.45, 7) is 4.63. The van der Waals surface area contributed by atoms with Gasteiger partial charge in [-0.2, -0.15) is 5.10 Å². The normalized spacial score (nSPS) is 16.2. The molecule has 9 heteroatoms. The Morgan fingerprint density at radius 1 is 1.15 bits per heavy atom. The highest BCUT2D eigenvalue weighted by Gasteiger charge is 2.30. The standard InChI is InChI=1S/C24H24N6O3/c1-14-21(16-6-4-3-5-7-16)28-29-22(14)27-23(31)20-13-30(10-11-33-20)24(32)17-8-9-18-19(12-17)26-15(2)25-18/h3-9,12,20H,10-11,13H2,1-2H3,(H,25,26)(H2,27,28,29,31). The lowest BCUT2D eigenvalue weighted by atomic mass is 10.1. The van der Waals surface area contributed by atoms with Gasteiger partial charge in [0.25, 0.3) is 11.8 Å². The van der Waals surface area contributed by atoms with E-state index in [0.717, 1.165) is 33.7 Å². The molecule has 3 N–H and O–H groups in total. The fourth-order valence-corrected chi connectivity index (χ4v) is 4.05. The molecule has 2 aromatic heterocycles. The molecule has 1 fully saturated rings. The topological polar surface area (TPSA) is 116 Å². The predicted molar refractivity (Wildman–Crippen MR) is 124 cm³/mol. The number of H-pyrrole nitrogens is 2. The van der Waals surface area contributed by atoms with Crippen LogP contribution in [0.15, 0.2) is 48.5 Å². The SMILES string of the molecule is Cc1nc2ccc(C(=O)N3CCOC(C(=O)Nc4n[nH]c(-c5ccccc5)c4C)C3)cc2[nH]1. The summed E-state index contributed by atoms with van der Waals surface area (Å²) in [6.07, 6.45) is -0.780. The molecule has 0 radical (unpaired) electrons. The number of hydrogen-bond donors (Lipinski definition) is 3. The van der Waals surface area contributed by atoms with Crippen LogP contribution in [0.4, 0.5) is 5.82 Å². The minimum Gasteiger partial charge on any atom is -0.365 e. The van der Waals surface area contributed by atoms with Gasteiger partial charge in [0.1, 0.15) is 5.82 Å². The maximum absolute atomic E-state index is 13.1. The molecular formula is C24H24N6O3. The Kier molecular flexibility index (Phi) is 5.39. The summed E-state index contributed by atoms with van der Waals surface area (Å²) < 4.78 is 5.67. The molecule has 168 valence electrons. The molecule has 0 spiro atoms.